The normalized spacial score (nSPS) is 10.5. The van der Waals surface area contributed by atoms with Crippen LogP contribution in [0.3, 0.4) is 0 Å². The summed E-state index contributed by atoms with van der Waals surface area (Å²) in [6, 6.07) is 17.6. The molecule has 0 aliphatic carbocycles. The fraction of sp³-hybridized carbons (Fsp3) is 0.167. The molecule has 108 valence electrons. The first kappa shape index (κ1) is 14.9. The number of benzene rings is 2. The van der Waals surface area contributed by atoms with E-state index in [0.29, 0.717) is 6.54 Å². The Morgan fingerprint density at radius 3 is 2.71 bits per heavy atom. The monoisotopic (exact) mass is 281 g/mol. The molecular weight excluding hydrogens is 262 g/mol. The Morgan fingerprint density at radius 2 is 1.95 bits per heavy atom. The maximum Gasteiger partial charge on any atom is 0.244 e. The summed E-state index contributed by atoms with van der Waals surface area (Å²) in [6.07, 6.45) is 4.14. The van der Waals surface area contributed by atoms with E-state index in [1.807, 2.05) is 54.6 Å². The lowest BCUT2D eigenvalue weighted by molar-refractivity contribution is -0.116. The Morgan fingerprint density at radius 1 is 1.14 bits per heavy atom. The van der Waals surface area contributed by atoms with E-state index in [9.17, 15) is 4.79 Å². The Hall–Kier alpha value is -2.55. The lowest BCUT2D eigenvalue weighted by Gasteiger charge is -2.05. The van der Waals surface area contributed by atoms with Gasteiger partial charge in [0.25, 0.3) is 0 Å². The lowest BCUT2D eigenvalue weighted by atomic mass is 10.1. The first-order valence-electron chi connectivity index (χ1n) is 6.92. The summed E-state index contributed by atoms with van der Waals surface area (Å²) in [5.74, 6) is 0.754. The molecule has 0 saturated heterocycles. The Kier molecular flexibility index (Phi) is 5.59. The standard InChI is InChI=1S/C18H19NO2/c1-21-17-9-5-8-16(14-17)12-13-19-18(20)11-10-15-6-3-2-4-7-15/h2-11,14H,12-13H2,1H3,(H,19,20)/b11-10+. The maximum absolute atomic E-state index is 11.7. The van der Waals surface area contributed by atoms with Crippen LogP contribution < -0.4 is 10.1 Å². The van der Waals surface area contributed by atoms with Gasteiger partial charge >= 0.3 is 0 Å². The number of hydrogen-bond donors (Lipinski definition) is 1. The summed E-state index contributed by atoms with van der Waals surface area (Å²) in [7, 11) is 1.65. The van der Waals surface area contributed by atoms with Crippen molar-refractivity contribution in [3.63, 3.8) is 0 Å². The van der Waals surface area contributed by atoms with Crippen molar-refractivity contribution in [2.24, 2.45) is 0 Å². The SMILES string of the molecule is COc1cccc(CCNC(=O)/C=C/c2ccccc2)c1. The largest absolute Gasteiger partial charge is 0.497 e. The molecule has 0 aromatic heterocycles. The van der Waals surface area contributed by atoms with Crippen molar-refractivity contribution in [3.8, 4) is 5.75 Å². The third-order valence-electron chi connectivity index (χ3n) is 3.07. The molecule has 1 amide bonds. The van der Waals surface area contributed by atoms with Gasteiger partial charge in [-0.1, -0.05) is 42.5 Å². The van der Waals surface area contributed by atoms with Crippen LogP contribution in [0.2, 0.25) is 0 Å². The molecule has 2 aromatic rings. The molecule has 0 aliphatic heterocycles. The van der Waals surface area contributed by atoms with Crippen LogP contribution in [0, 0.1) is 0 Å². The number of rotatable bonds is 6. The third-order valence-corrected chi connectivity index (χ3v) is 3.07. The summed E-state index contributed by atoms with van der Waals surface area (Å²) in [5.41, 5.74) is 2.15. The molecule has 3 nitrogen and oxygen atoms in total. The van der Waals surface area contributed by atoms with Gasteiger partial charge in [-0.15, -0.1) is 0 Å². The van der Waals surface area contributed by atoms with Crippen molar-refractivity contribution >= 4 is 12.0 Å². The van der Waals surface area contributed by atoms with E-state index < -0.39 is 0 Å². The lowest BCUT2D eigenvalue weighted by Crippen LogP contribution is -2.23. The fourth-order valence-corrected chi connectivity index (χ4v) is 1.95. The number of methoxy groups -OCH3 is 1. The minimum Gasteiger partial charge on any atom is -0.497 e. The van der Waals surface area contributed by atoms with Crippen molar-refractivity contribution in [3.05, 3.63) is 71.8 Å². The second kappa shape index (κ2) is 7.90. The van der Waals surface area contributed by atoms with E-state index in [4.69, 9.17) is 4.74 Å². The van der Waals surface area contributed by atoms with Crippen LogP contribution in [-0.4, -0.2) is 19.6 Å². The average molecular weight is 281 g/mol. The van der Waals surface area contributed by atoms with E-state index >= 15 is 0 Å². The van der Waals surface area contributed by atoms with E-state index in [1.54, 1.807) is 19.3 Å². The molecule has 0 radical (unpaired) electrons. The van der Waals surface area contributed by atoms with Crippen LogP contribution in [-0.2, 0) is 11.2 Å². The van der Waals surface area contributed by atoms with Crippen LogP contribution in [0.1, 0.15) is 11.1 Å². The topological polar surface area (TPSA) is 38.3 Å². The van der Waals surface area contributed by atoms with Gasteiger partial charge in [-0.3, -0.25) is 4.79 Å². The predicted molar refractivity (Wildman–Crippen MR) is 85.2 cm³/mol. The maximum atomic E-state index is 11.7. The van der Waals surface area contributed by atoms with Gasteiger partial charge in [0, 0.05) is 12.6 Å². The highest BCUT2D eigenvalue weighted by Gasteiger charge is 1.98. The van der Waals surface area contributed by atoms with Crippen LogP contribution in [0.4, 0.5) is 0 Å². The molecule has 0 heterocycles. The molecule has 2 rings (SSSR count). The summed E-state index contributed by atoms with van der Waals surface area (Å²) in [5, 5.41) is 2.87. The van der Waals surface area contributed by atoms with E-state index in [2.05, 4.69) is 5.32 Å². The van der Waals surface area contributed by atoms with Gasteiger partial charge in [0.05, 0.1) is 7.11 Å². The van der Waals surface area contributed by atoms with Crippen molar-refractivity contribution < 1.29 is 9.53 Å². The number of nitrogens with one attached hydrogen (secondary N) is 1. The summed E-state index contributed by atoms with van der Waals surface area (Å²) >= 11 is 0. The van der Waals surface area contributed by atoms with Crippen LogP contribution in [0.15, 0.2) is 60.7 Å². The van der Waals surface area contributed by atoms with Crippen LogP contribution in [0.5, 0.6) is 5.75 Å². The van der Waals surface area contributed by atoms with E-state index in [0.717, 1.165) is 23.3 Å². The van der Waals surface area contributed by atoms with Gasteiger partial charge in [0.15, 0.2) is 0 Å². The van der Waals surface area contributed by atoms with Crippen LogP contribution >= 0.6 is 0 Å². The minimum atomic E-state index is -0.0817. The molecule has 2 aromatic carbocycles. The highest BCUT2D eigenvalue weighted by atomic mass is 16.5. The number of hydrogen-bond acceptors (Lipinski definition) is 2. The highest BCUT2D eigenvalue weighted by Crippen LogP contribution is 2.12. The van der Waals surface area contributed by atoms with Crippen molar-refractivity contribution in [1.29, 1.82) is 0 Å². The molecule has 0 aliphatic rings. The molecule has 0 unspecified atom stereocenters. The van der Waals surface area contributed by atoms with Crippen molar-refractivity contribution in [2.45, 2.75) is 6.42 Å². The molecular formula is C18H19NO2. The quantitative estimate of drug-likeness (QED) is 0.826. The highest BCUT2D eigenvalue weighted by molar-refractivity contribution is 5.91. The first-order chi connectivity index (χ1) is 10.3. The number of carbonyl (C=O) groups is 1. The van der Waals surface area contributed by atoms with Crippen molar-refractivity contribution in [2.75, 3.05) is 13.7 Å². The number of amides is 1. The zero-order valence-electron chi connectivity index (χ0n) is 12.1. The Balaban J connectivity index is 1.78. The fourth-order valence-electron chi connectivity index (χ4n) is 1.95. The molecule has 21 heavy (non-hydrogen) atoms. The van der Waals surface area contributed by atoms with Gasteiger partial charge in [0.1, 0.15) is 5.75 Å². The minimum absolute atomic E-state index is 0.0817. The van der Waals surface area contributed by atoms with E-state index in [1.165, 1.54) is 0 Å². The second-order valence-electron chi connectivity index (χ2n) is 4.64. The molecule has 3 heteroatoms. The summed E-state index contributed by atoms with van der Waals surface area (Å²) in [6.45, 7) is 0.602. The van der Waals surface area contributed by atoms with Gasteiger partial charge in [-0.2, -0.15) is 0 Å². The van der Waals surface area contributed by atoms with Gasteiger partial charge < -0.3 is 10.1 Å². The van der Waals surface area contributed by atoms with Gasteiger partial charge in [-0.05, 0) is 35.8 Å². The molecule has 0 spiro atoms. The zero-order valence-corrected chi connectivity index (χ0v) is 12.1. The third kappa shape index (κ3) is 5.15. The summed E-state index contributed by atoms with van der Waals surface area (Å²) in [4.78, 5) is 11.7. The molecule has 0 saturated carbocycles. The Labute approximate surface area is 125 Å². The molecule has 0 atom stereocenters. The van der Waals surface area contributed by atoms with Gasteiger partial charge in [0.2, 0.25) is 5.91 Å². The van der Waals surface area contributed by atoms with Crippen LogP contribution in [0.25, 0.3) is 6.08 Å². The first-order valence-corrected chi connectivity index (χ1v) is 6.92. The smallest absolute Gasteiger partial charge is 0.244 e. The predicted octanol–water partition coefficient (Wildman–Crippen LogP) is 3.07. The number of ether oxygens (including phenoxy) is 1. The Bertz CT molecular complexity index is 606. The number of carbonyl (C=O) groups excluding carboxylic acids is 1. The summed E-state index contributed by atoms with van der Waals surface area (Å²) < 4.78 is 5.17. The van der Waals surface area contributed by atoms with E-state index in [-0.39, 0.29) is 5.91 Å². The molecule has 1 N–H and O–H groups in total. The molecule has 0 bridgehead atoms. The van der Waals surface area contributed by atoms with Gasteiger partial charge in [-0.25, -0.2) is 0 Å². The molecule has 0 fully saturated rings. The zero-order chi connectivity index (χ0) is 14.9. The second-order valence-corrected chi connectivity index (χ2v) is 4.64. The average Bonchev–Trinajstić information content (AvgIpc) is 2.54. The van der Waals surface area contributed by atoms with Crippen molar-refractivity contribution in [1.82, 2.24) is 5.32 Å².